The number of aryl methyl sites for hydroxylation is 1. The van der Waals surface area contributed by atoms with Gasteiger partial charge in [-0.3, -0.25) is 4.57 Å². The first kappa shape index (κ1) is 24.3. The molecule has 0 bridgehead atoms. The second-order valence-corrected chi connectivity index (χ2v) is 8.20. The van der Waals surface area contributed by atoms with E-state index in [1.807, 2.05) is 12.1 Å². The van der Waals surface area contributed by atoms with Crippen LogP contribution in [0.25, 0.3) is 11.3 Å². The molecule has 0 amide bonds. The summed E-state index contributed by atoms with van der Waals surface area (Å²) >= 11 is 0. The maximum Gasteiger partial charge on any atom is 0.433 e. The molecule has 4 aromatic rings. The largest absolute Gasteiger partial charge is 0.497 e. The van der Waals surface area contributed by atoms with Gasteiger partial charge in [-0.25, -0.2) is 14.2 Å². The van der Waals surface area contributed by atoms with Crippen molar-refractivity contribution in [1.82, 2.24) is 14.5 Å². The second-order valence-electron chi connectivity index (χ2n) is 8.20. The monoisotopic (exact) mass is 513 g/mol. The summed E-state index contributed by atoms with van der Waals surface area (Å²) in [6.07, 6.45) is -3.99. The maximum atomic E-state index is 14.6. The van der Waals surface area contributed by atoms with Crippen LogP contribution < -0.4 is 19.9 Å². The molecule has 37 heavy (non-hydrogen) atoms. The third kappa shape index (κ3) is 5.11. The fourth-order valence-corrected chi connectivity index (χ4v) is 4.00. The molecule has 0 aliphatic carbocycles. The highest BCUT2D eigenvalue weighted by Gasteiger charge is 2.32. The highest BCUT2D eigenvalue weighted by atomic mass is 19.4. The summed E-state index contributed by atoms with van der Waals surface area (Å²) in [4.78, 5) is 19.9. The number of rotatable bonds is 6. The molecule has 5 rings (SSSR count). The molecule has 3 heterocycles. The van der Waals surface area contributed by atoms with Gasteiger partial charge < -0.3 is 14.2 Å². The van der Waals surface area contributed by atoms with Gasteiger partial charge in [0.25, 0.3) is 0 Å². The lowest BCUT2D eigenvalue weighted by molar-refractivity contribution is -0.141. The van der Waals surface area contributed by atoms with Crippen LogP contribution >= 0.6 is 0 Å². The number of aromatic nitrogens is 3. The predicted octanol–water partition coefficient (Wildman–Crippen LogP) is 5.40. The first-order valence-electron chi connectivity index (χ1n) is 11.1. The maximum absolute atomic E-state index is 14.6. The predicted molar refractivity (Wildman–Crippen MR) is 124 cm³/mol. The first-order chi connectivity index (χ1) is 17.7. The minimum atomic E-state index is -4.65. The van der Waals surface area contributed by atoms with Crippen molar-refractivity contribution in [3.05, 3.63) is 93.8 Å². The van der Waals surface area contributed by atoms with Gasteiger partial charge in [0.05, 0.1) is 12.8 Å². The van der Waals surface area contributed by atoms with Crippen LogP contribution in [-0.4, -0.2) is 21.6 Å². The molecule has 7 nitrogen and oxygen atoms in total. The van der Waals surface area contributed by atoms with E-state index in [1.54, 1.807) is 23.8 Å². The normalized spacial score (nSPS) is 12.5. The number of pyridine rings is 1. The molecule has 1 aliphatic heterocycles. The van der Waals surface area contributed by atoms with Crippen molar-refractivity contribution in [3.63, 3.8) is 0 Å². The summed E-state index contributed by atoms with van der Waals surface area (Å²) in [7, 11) is 1.59. The lowest BCUT2D eigenvalue weighted by atomic mass is 9.97. The number of methoxy groups -OCH3 is 1. The average Bonchev–Trinajstić information content (AvgIpc) is 2.88. The zero-order valence-electron chi connectivity index (χ0n) is 19.4. The summed E-state index contributed by atoms with van der Waals surface area (Å²) in [5.74, 6) is -0.712. The van der Waals surface area contributed by atoms with Crippen molar-refractivity contribution in [2.45, 2.75) is 25.7 Å². The molecule has 0 fully saturated rings. The lowest BCUT2D eigenvalue weighted by Gasteiger charge is -2.22. The number of alkyl halides is 3. The second kappa shape index (κ2) is 9.57. The standard InChI is InChI=1S/C26H19F4N3O4/c1-35-17-6-7-18-16(12-17)9-10-33-20(18)13-24(32-25(33)34)36-14-15-5-8-21(19(27)11-15)37-23-4-2-3-22(31-23)26(28,29)30/h2-8,11-13H,9-10,14H2,1H3. The van der Waals surface area contributed by atoms with Gasteiger partial charge >= 0.3 is 11.9 Å². The fourth-order valence-electron chi connectivity index (χ4n) is 4.00. The molecule has 0 unspecified atom stereocenters. The molecule has 2 aromatic heterocycles. The molecule has 1 aliphatic rings. The quantitative estimate of drug-likeness (QED) is 0.322. The summed E-state index contributed by atoms with van der Waals surface area (Å²) in [6.45, 7) is 0.361. The molecule has 2 aromatic carbocycles. The van der Waals surface area contributed by atoms with Crippen molar-refractivity contribution in [3.8, 4) is 34.5 Å². The molecular formula is C26H19F4N3O4. The number of ether oxygens (including phenoxy) is 3. The van der Waals surface area contributed by atoms with E-state index >= 15 is 0 Å². The third-order valence-corrected chi connectivity index (χ3v) is 5.79. The first-order valence-corrected chi connectivity index (χ1v) is 11.1. The molecule has 11 heteroatoms. The number of nitrogens with zero attached hydrogens (tertiary/aromatic N) is 3. The molecule has 0 saturated carbocycles. The highest BCUT2D eigenvalue weighted by Crippen LogP contribution is 2.33. The Kier molecular flexibility index (Phi) is 6.28. The molecule has 0 N–H and O–H groups in total. The van der Waals surface area contributed by atoms with Crippen molar-refractivity contribution < 1.29 is 31.8 Å². The number of halogens is 4. The Bertz CT molecular complexity index is 1540. The number of hydrogen-bond acceptors (Lipinski definition) is 6. The SMILES string of the molecule is COc1ccc2c(c1)CCn1c-2cc(OCc2ccc(Oc3cccc(C(F)(F)F)n3)c(F)c2)nc1=O. The zero-order chi connectivity index (χ0) is 26.2. The van der Waals surface area contributed by atoms with Crippen LogP contribution in [0.15, 0.2) is 65.5 Å². The smallest absolute Gasteiger partial charge is 0.433 e. The molecule has 0 spiro atoms. The van der Waals surface area contributed by atoms with Gasteiger partial charge in [-0.2, -0.15) is 18.2 Å². The number of hydrogen-bond donors (Lipinski definition) is 0. The van der Waals surface area contributed by atoms with E-state index in [0.29, 0.717) is 24.2 Å². The fraction of sp³-hybridized carbons (Fsp3) is 0.192. The molecule has 190 valence electrons. The van der Waals surface area contributed by atoms with Crippen LogP contribution in [-0.2, 0) is 25.7 Å². The van der Waals surface area contributed by atoms with Gasteiger partial charge in [0.2, 0.25) is 11.8 Å². The van der Waals surface area contributed by atoms with Gasteiger partial charge in [0, 0.05) is 24.2 Å². The van der Waals surface area contributed by atoms with Gasteiger partial charge in [-0.1, -0.05) is 12.1 Å². The molecule has 0 atom stereocenters. The number of benzene rings is 2. The van der Waals surface area contributed by atoms with E-state index < -0.39 is 29.3 Å². The summed E-state index contributed by atoms with van der Waals surface area (Å²) in [5, 5.41) is 0. The molecular weight excluding hydrogens is 494 g/mol. The summed E-state index contributed by atoms with van der Waals surface area (Å²) in [6, 6.07) is 14.2. The number of fused-ring (bicyclic) bond motifs is 3. The van der Waals surface area contributed by atoms with E-state index in [2.05, 4.69) is 9.97 Å². The Morgan fingerprint density at radius 3 is 2.59 bits per heavy atom. The summed E-state index contributed by atoms with van der Waals surface area (Å²) < 4.78 is 70.9. The van der Waals surface area contributed by atoms with Gasteiger partial charge in [0.1, 0.15) is 18.1 Å². The Morgan fingerprint density at radius 1 is 1.00 bits per heavy atom. The topological polar surface area (TPSA) is 75.5 Å². The van der Waals surface area contributed by atoms with Crippen LogP contribution in [0.3, 0.4) is 0 Å². The van der Waals surface area contributed by atoms with Crippen LogP contribution in [0.5, 0.6) is 23.3 Å². The van der Waals surface area contributed by atoms with Gasteiger partial charge in [0.15, 0.2) is 11.6 Å². The van der Waals surface area contributed by atoms with Crippen molar-refractivity contribution in [1.29, 1.82) is 0 Å². The van der Waals surface area contributed by atoms with E-state index in [9.17, 15) is 22.4 Å². The lowest BCUT2D eigenvalue weighted by Crippen LogP contribution is -2.28. The van der Waals surface area contributed by atoms with E-state index in [-0.39, 0.29) is 18.2 Å². The zero-order valence-corrected chi connectivity index (χ0v) is 19.4. The van der Waals surface area contributed by atoms with E-state index in [4.69, 9.17) is 14.2 Å². The Hall–Kier alpha value is -4.41. The average molecular weight is 513 g/mol. The van der Waals surface area contributed by atoms with Gasteiger partial charge in [-0.15, -0.1) is 0 Å². The minimum absolute atomic E-state index is 0.0776. The van der Waals surface area contributed by atoms with Crippen molar-refractivity contribution >= 4 is 0 Å². The van der Waals surface area contributed by atoms with Gasteiger partial charge in [-0.05, 0) is 53.9 Å². The molecule has 0 radical (unpaired) electrons. The van der Waals surface area contributed by atoms with E-state index in [1.165, 1.54) is 18.2 Å². The Labute approximate surface area is 207 Å². The third-order valence-electron chi connectivity index (χ3n) is 5.79. The van der Waals surface area contributed by atoms with Crippen LogP contribution in [0, 0.1) is 5.82 Å². The Morgan fingerprint density at radius 2 is 1.84 bits per heavy atom. The van der Waals surface area contributed by atoms with Crippen LogP contribution in [0.4, 0.5) is 17.6 Å². The summed E-state index contributed by atoms with van der Waals surface area (Å²) in [5.41, 5.74) is 1.34. The van der Waals surface area contributed by atoms with Crippen molar-refractivity contribution in [2.75, 3.05) is 7.11 Å². The highest BCUT2D eigenvalue weighted by molar-refractivity contribution is 5.67. The van der Waals surface area contributed by atoms with Crippen LogP contribution in [0.2, 0.25) is 0 Å². The van der Waals surface area contributed by atoms with Crippen molar-refractivity contribution in [2.24, 2.45) is 0 Å². The minimum Gasteiger partial charge on any atom is -0.497 e. The Balaban J connectivity index is 1.32. The van der Waals surface area contributed by atoms with Crippen LogP contribution in [0.1, 0.15) is 16.8 Å². The molecule has 0 saturated heterocycles. The van der Waals surface area contributed by atoms with E-state index in [0.717, 1.165) is 35.1 Å².